The van der Waals surface area contributed by atoms with E-state index in [1.807, 2.05) is 11.4 Å². The summed E-state index contributed by atoms with van der Waals surface area (Å²) in [6.45, 7) is 3.33. The van der Waals surface area contributed by atoms with Gasteiger partial charge in [-0.25, -0.2) is 4.79 Å². The van der Waals surface area contributed by atoms with E-state index in [1.165, 1.54) is 0 Å². The third-order valence-corrected chi connectivity index (χ3v) is 5.43. The summed E-state index contributed by atoms with van der Waals surface area (Å²) < 4.78 is 15.7. The van der Waals surface area contributed by atoms with Gasteiger partial charge in [0.1, 0.15) is 5.75 Å². The number of hydrogen-bond acceptors (Lipinski definition) is 6. The van der Waals surface area contributed by atoms with Crippen molar-refractivity contribution in [2.45, 2.75) is 51.2 Å². The molecule has 0 saturated carbocycles. The van der Waals surface area contributed by atoms with Crippen molar-refractivity contribution in [3.05, 3.63) is 16.3 Å². The average Bonchev–Trinajstić information content (AvgIpc) is 3.05. The second-order valence-electron chi connectivity index (χ2n) is 5.56. The molecule has 1 atom stereocenters. The standard InChI is InChI=1S/C17H27BrO5S/c1-3-23-16(19)17(20,13-18)8-6-4-5-7-9-22-11-15-10-14(21-2)12-24-15/h10,12,20H,3-9,11,13H2,1-2H3. The number of carbonyl (C=O) groups is 1. The molecule has 1 aromatic heterocycles. The van der Waals surface area contributed by atoms with E-state index in [-0.39, 0.29) is 11.9 Å². The molecule has 5 nitrogen and oxygen atoms in total. The van der Waals surface area contributed by atoms with Crippen molar-refractivity contribution in [3.8, 4) is 5.75 Å². The molecule has 1 unspecified atom stereocenters. The maximum absolute atomic E-state index is 11.7. The van der Waals surface area contributed by atoms with E-state index in [2.05, 4.69) is 15.9 Å². The number of rotatable bonds is 13. The number of unbranched alkanes of at least 4 members (excludes halogenated alkanes) is 3. The number of thiophene rings is 1. The van der Waals surface area contributed by atoms with Gasteiger partial charge in [0.25, 0.3) is 0 Å². The number of aliphatic hydroxyl groups is 1. The summed E-state index contributed by atoms with van der Waals surface area (Å²) in [6, 6.07) is 1.99. The van der Waals surface area contributed by atoms with E-state index in [9.17, 15) is 9.90 Å². The summed E-state index contributed by atoms with van der Waals surface area (Å²) in [5.41, 5.74) is -1.41. The Labute approximate surface area is 156 Å². The van der Waals surface area contributed by atoms with Crippen LogP contribution in [0.2, 0.25) is 0 Å². The van der Waals surface area contributed by atoms with E-state index < -0.39 is 11.6 Å². The zero-order valence-electron chi connectivity index (χ0n) is 14.4. The fourth-order valence-corrected chi connectivity index (χ4v) is 3.46. The third-order valence-electron chi connectivity index (χ3n) is 3.62. The van der Waals surface area contributed by atoms with E-state index >= 15 is 0 Å². The van der Waals surface area contributed by atoms with E-state index in [4.69, 9.17) is 14.2 Å². The lowest BCUT2D eigenvalue weighted by atomic mass is 9.98. The summed E-state index contributed by atoms with van der Waals surface area (Å²) in [6.07, 6.45) is 4.12. The minimum Gasteiger partial charge on any atom is -0.496 e. The molecule has 0 amide bonds. The molecule has 138 valence electrons. The minimum absolute atomic E-state index is 0.201. The van der Waals surface area contributed by atoms with E-state index in [1.54, 1.807) is 25.4 Å². The molecule has 0 bridgehead atoms. The molecule has 0 aromatic carbocycles. The second-order valence-corrected chi connectivity index (χ2v) is 7.11. The molecule has 1 rings (SSSR count). The Balaban J connectivity index is 2.08. The highest BCUT2D eigenvalue weighted by Crippen LogP contribution is 2.22. The first-order valence-electron chi connectivity index (χ1n) is 8.20. The van der Waals surface area contributed by atoms with Gasteiger partial charge in [-0.2, -0.15) is 0 Å². The summed E-state index contributed by atoms with van der Waals surface area (Å²) in [5.74, 6) is 0.330. The molecule has 7 heteroatoms. The Morgan fingerprint density at radius 3 is 2.71 bits per heavy atom. The van der Waals surface area contributed by atoms with Crippen molar-refractivity contribution < 1.29 is 24.1 Å². The van der Waals surface area contributed by atoms with Crippen molar-refractivity contribution in [1.29, 1.82) is 0 Å². The van der Waals surface area contributed by atoms with Gasteiger partial charge in [-0.3, -0.25) is 0 Å². The molecule has 0 saturated heterocycles. The predicted molar refractivity (Wildman–Crippen MR) is 99.0 cm³/mol. The van der Waals surface area contributed by atoms with Gasteiger partial charge in [0, 0.05) is 22.2 Å². The Morgan fingerprint density at radius 2 is 2.08 bits per heavy atom. The summed E-state index contributed by atoms with van der Waals surface area (Å²) in [5, 5.41) is 12.4. The number of esters is 1. The van der Waals surface area contributed by atoms with Crippen LogP contribution in [0.15, 0.2) is 11.4 Å². The first-order valence-corrected chi connectivity index (χ1v) is 10.2. The van der Waals surface area contributed by atoms with Crippen molar-refractivity contribution in [2.24, 2.45) is 0 Å². The molecule has 0 fully saturated rings. The number of halogens is 1. The number of alkyl halides is 1. The Kier molecular flexibility index (Phi) is 10.6. The van der Waals surface area contributed by atoms with Crippen LogP contribution in [-0.2, 0) is 20.9 Å². The van der Waals surface area contributed by atoms with Crippen LogP contribution in [0, 0.1) is 0 Å². The fourth-order valence-electron chi connectivity index (χ4n) is 2.18. The summed E-state index contributed by atoms with van der Waals surface area (Å²) >= 11 is 4.83. The van der Waals surface area contributed by atoms with Crippen LogP contribution in [0.1, 0.15) is 43.9 Å². The van der Waals surface area contributed by atoms with Crippen molar-refractivity contribution in [2.75, 3.05) is 25.7 Å². The van der Waals surface area contributed by atoms with Crippen molar-refractivity contribution in [1.82, 2.24) is 0 Å². The zero-order chi connectivity index (χ0) is 17.8. The van der Waals surface area contributed by atoms with Gasteiger partial charge in [-0.15, -0.1) is 11.3 Å². The lowest BCUT2D eigenvalue weighted by Gasteiger charge is -2.23. The monoisotopic (exact) mass is 422 g/mol. The fraction of sp³-hybridized carbons (Fsp3) is 0.706. The van der Waals surface area contributed by atoms with Gasteiger partial charge >= 0.3 is 5.97 Å². The van der Waals surface area contributed by atoms with Gasteiger partial charge in [-0.1, -0.05) is 28.8 Å². The van der Waals surface area contributed by atoms with Gasteiger partial charge in [0.2, 0.25) is 0 Å². The molecule has 0 aliphatic carbocycles. The first-order chi connectivity index (χ1) is 11.6. The lowest BCUT2D eigenvalue weighted by molar-refractivity contribution is -0.163. The minimum atomic E-state index is -1.41. The van der Waals surface area contributed by atoms with Crippen LogP contribution in [0.4, 0.5) is 0 Å². The molecule has 1 heterocycles. The van der Waals surface area contributed by atoms with Gasteiger partial charge < -0.3 is 19.3 Å². The third kappa shape index (κ3) is 7.51. The molecule has 0 spiro atoms. The largest absolute Gasteiger partial charge is 0.496 e. The smallest absolute Gasteiger partial charge is 0.338 e. The predicted octanol–water partition coefficient (Wildman–Crippen LogP) is 3.91. The van der Waals surface area contributed by atoms with Crippen LogP contribution in [0.25, 0.3) is 0 Å². The Morgan fingerprint density at radius 1 is 1.33 bits per heavy atom. The second kappa shape index (κ2) is 11.8. The van der Waals surface area contributed by atoms with Crippen LogP contribution in [-0.4, -0.2) is 42.3 Å². The molecule has 1 N–H and O–H groups in total. The maximum atomic E-state index is 11.7. The lowest BCUT2D eigenvalue weighted by Crippen LogP contribution is -2.41. The highest BCUT2D eigenvalue weighted by atomic mass is 79.9. The van der Waals surface area contributed by atoms with Gasteiger partial charge in [0.05, 0.1) is 20.3 Å². The topological polar surface area (TPSA) is 65.0 Å². The van der Waals surface area contributed by atoms with Gasteiger partial charge in [0.15, 0.2) is 5.60 Å². The molecular weight excluding hydrogens is 396 g/mol. The van der Waals surface area contributed by atoms with E-state index in [0.717, 1.165) is 36.3 Å². The number of hydrogen-bond donors (Lipinski definition) is 1. The van der Waals surface area contributed by atoms with Crippen molar-refractivity contribution >= 4 is 33.2 Å². The Hall–Kier alpha value is -0.630. The average molecular weight is 423 g/mol. The highest BCUT2D eigenvalue weighted by molar-refractivity contribution is 9.09. The van der Waals surface area contributed by atoms with Crippen molar-refractivity contribution in [3.63, 3.8) is 0 Å². The number of ether oxygens (including phenoxy) is 3. The molecule has 1 aromatic rings. The Bertz CT molecular complexity index is 479. The maximum Gasteiger partial charge on any atom is 0.338 e. The normalized spacial score (nSPS) is 13.5. The van der Waals surface area contributed by atoms with Gasteiger partial charge in [-0.05, 0) is 32.3 Å². The number of carbonyl (C=O) groups excluding carboxylic acids is 1. The van der Waals surface area contributed by atoms with Crippen LogP contribution >= 0.6 is 27.3 Å². The molecule has 0 aliphatic rings. The molecule has 0 radical (unpaired) electrons. The quantitative estimate of drug-likeness (QED) is 0.296. The molecular formula is C17H27BrO5S. The summed E-state index contributed by atoms with van der Waals surface area (Å²) in [4.78, 5) is 12.9. The summed E-state index contributed by atoms with van der Waals surface area (Å²) in [7, 11) is 1.66. The highest BCUT2D eigenvalue weighted by Gasteiger charge is 2.35. The molecule has 24 heavy (non-hydrogen) atoms. The molecule has 0 aliphatic heterocycles. The van der Waals surface area contributed by atoms with Crippen LogP contribution < -0.4 is 4.74 Å². The van der Waals surface area contributed by atoms with E-state index in [0.29, 0.717) is 19.6 Å². The van der Waals surface area contributed by atoms with Crippen LogP contribution in [0.3, 0.4) is 0 Å². The van der Waals surface area contributed by atoms with Crippen LogP contribution in [0.5, 0.6) is 5.75 Å². The SMILES string of the molecule is CCOC(=O)C(O)(CBr)CCCCCCOCc1cc(OC)cs1. The first kappa shape index (κ1) is 21.4. The number of methoxy groups -OCH3 is 1. The zero-order valence-corrected chi connectivity index (χ0v) is 16.8.